The average molecular weight is 162 g/mol. The van der Waals surface area contributed by atoms with E-state index in [4.69, 9.17) is 11.7 Å². The molecule has 1 rings (SSSR count). The molecule has 3 heteroatoms. The summed E-state index contributed by atoms with van der Waals surface area (Å²) in [6.45, 7) is 0.250. The molecule has 3 nitrogen and oxygen atoms in total. The van der Waals surface area contributed by atoms with Crippen molar-refractivity contribution in [2.75, 3.05) is 6.54 Å². The van der Waals surface area contributed by atoms with Crippen molar-refractivity contribution in [3.05, 3.63) is 0 Å². The maximum Gasteiger partial charge on any atom is 0.222 e. The molecular weight excluding hydrogens is 152 g/mol. The molecule has 12 heavy (non-hydrogen) atoms. The topological polar surface area (TPSA) is 52.9 Å². The van der Waals surface area contributed by atoms with E-state index in [0.29, 0.717) is 6.42 Å². The van der Waals surface area contributed by atoms with Crippen LogP contribution in [-0.2, 0) is 4.79 Å². The van der Waals surface area contributed by atoms with Crippen LogP contribution >= 0.6 is 0 Å². The summed E-state index contributed by atoms with van der Waals surface area (Å²) in [4.78, 5) is 11.1. The molecule has 62 valence electrons. The predicted molar refractivity (Wildman–Crippen MR) is 43.7 cm³/mol. The first kappa shape index (κ1) is 8.62. The Bertz CT molecular complexity index is 265. The summed E-state index contributed by atoms with van der Waals surface area (Å²) in [6.07, 6.45) is 6.94. The molecule has 0 bridgehead atoms. The lowest BCUT2D eigenvalue weighted by Crippen LogP contribution is -2.25. The number of carbonyl (C=O) groups is 1. The zero-order chi connectivity index (χ0) is 9.03. The fraction of sp³-hybridized carbons (Fsp3) is 0.556. The van der Waals surface area contributed by atoms with Gasteiger partial charge in [0.25, 0.3) is 0 Å². The molecule has 0 saturated heterocycles. The molecule has 0 aromatic carbocycles. The Hall–Kier alpha value is -1.48. The van der Waals surface area contributed by atoms with Crippen LogP contribution < -0.4 is 5.32 Å². The van der Waals surface area contributed by atoms with Crippen molar-refractivity contribution in [2.45, 2.75) is 19.3 Å². The molecule has 0 aromatic heterocycles. The Morgan fingerprint density at radius 1 is 1.67 bits per heavy atom. The minimum atomic E-state index is -0.362. The van der Waals surface area contributed by atoms with E-state index in [9.17, 15) is 4.79 Å². The van der Waals surface area contributed by atoms with Gasteiger partial charge in [-0.3, -0.25) is 4.79 Å². The summed E-state index contributed by atoms with van der Waals surface area (Å²) in [5.74, 6) is 2.19. The third kappa shape index (κ3) is 2.00. The lowest BCUT2D eigenvalue weighted by atomic mass is 10.0. The Balaban J connectivity index is 2.29. The minimum absolute atomic E-state index is 0.119. The Labute approximate surface area is 71.8 Å². The molecule has 0 spiro atoms. The van der Waals surface area contributed by atoms with Gasteiger partial charge >= 0.3 is 0 Å². The Morgan fingerprint density at radius 3 is 2.75 bits per heavy atom. The van der Waals surface area contributed by atoms with E-state index in [1.807, 2.05) is 0 Å². The summed E-state index contributed by atoms with van der Waals surface area (Å²) in [5, 5.41) is 11.2. The second-order valence-corrected chi connectivity index (χ2v) is 3.05. The third-order valence-electron chi connectivity index (χ3n) is 1.98. The molecule has 0 unspecified atom stereocenters. The zero-order valence-corrected chi connectivity index (χ0v) is 6.76. The van der Waals surface area contributed by atoms with Gasteiger partial charge in [-0.2, -0.15) is 5.26 Å². The standard InChI is InChI=1S/C9H10N2O/c1-2-5-11-8(12)6-9(7-10)3-4-9/h1H,3-6H2,(H,11,12). The number of rotatable bonds is 3. The van der Waals surface area contributed by atoms with Crippen molar-refractivity contribution in [1.82, 2.24) is 5.32 Å². The zero-order valence-electron chi connectivity index (χ0n) is 6.76. The molecule has 0 radical (unpaired) electrons. The molecule has 1 saturated carbocycles. The van der Waals surface area contributed by atoms with Gasteiger partial charge in [-0.1, -0.05) is 5.92 Å². The highest BCUT2D eigenvalue weighted by Crippen LogP contribution is 2.47. The summed E-state index contributed by atoms with van der Waals surface area (Å²) in [7, 11) is 0. The predicted octanol–water partition coefficient (Wildman–Crippen LogP) is 0.430. The van der Waals surface area contributed by atoms with Crippen molar-refractivity contribution in [3.63, 3.8) is 0 Å². The summed E-state index contributed by atoms with van der Waals surface area (Å²) in [6, 6.07) is 2.15. The minimum Gasteiger partial charge on any atom is -0.345 e. The van der Waals surface area contributed by atoms with Gasteiger partial charge in [-0.15, -0.1) is 6.42 Å². The normalized spacial score (nSPS) is 17.2. The van der Waals surface area contributed by atoms with Gasteiger partial charge in [0.1, 0.15) is 0 Å². The van der Waals surface area contributed by atoms with E-state index in [1.54, 1.807) is 0 Å². The van der Waals surface area contributed by atoms with Crippen molar-refractivity contribution in [3.8, 4) is 18.4 Å². The molecule has 1 N–H and O–H groups in total. The maximum atomic E-state index is 11.1. The quantitative estimate of drug-likeness (QED) is 0.612. The van der Waals surface area contributed by atoms with Crippen LogP contribution in [0.1, 0.15) is 19.3 Å². The number of terminal acetylenes is 1. The largest absolute Gasteiger partial charge is 0.345 e. The molecule has 1 amide bonds. The molecule has 0 aromatic rings. The molecule has 0 aliphatic heterocycles. The summed E-state index contributed by atoms with van der Waals surface area (Å²) < 4.78 is 0. The molecule has 0 heterocycles. The Morgan fingerprint density at radius 2 is 2.33 bits per heavy atom. The second-order valence-electron chi connectivity index (χ2n) is 3.05. The van der Waals surface area contributed by atoms with E-state index < -0.39 is 0 Å². The van der Waals surface area contributed by atoms with Gasteiger partial charge in [0.2, 0.25) is 5.91 Å². The highest BCUT2D eigenvalue weighted by atomic mass is 16.1. The van der Waals surface area contributed by atoms with E-state index in [-0.39, 0.29) is 17.9 Å². The third-order valence-corrected chi connectivity index (χ3v) is 1.98. The van der Waals surface area contributed by atoms with Crippen molar-refractivity contribution >= 4 is 5.91 Å². The summed E-state index contributed by atoms with van der Waals surface area (Å²) >= 11 is 0. The number of amides is 1. The lowest BCUT2D eigenvalue weighted by Gasteiger charge is -2.03. The molecule has 1 fully saturated rings. The number of nitriles is 1. The fourth-order valence-corrected chi connectivity index (χ4v) is 0.998. The van der Waals surface area contributed by atoms with Crippen LogP contribution in [0.15, 0.2) is 0 Å². The highest BCUT2D eigenvalue weighted by molar-refractivity contribution is 5.77. The highest BCUT2D eigenvalue weighted by Gasteiger charge is 2.44. The van der Waals surface area contributed by atoms with Gasteiger partial charge in [0.15, 0.2) is 0 Å². The van der Waals surface area contributed by atoms with Gasteiger partial charge in [-0.25, -0.2) is 0 Å². The summed E-state index contributed by atoms with van der Waals surface area (Å²) in [5.41, 5.74) is -0.362. The first-order chi connectivity index (χ1) is 5.72. The lowest BCUT2D eigenvalue weighted by molar-refractivity contribution is -0.121. The monoisotopic (exact) mass is 162 g/mol. The number of nitrogens with one attached hydrogen (secondary N) is 1. The van der Waals surface area contributed by atoms with Gasteiger partial charge < -0.3 is 5.32 Å². The van der Waals surface area contributed by atoms with Crippen molar-refractivity contribution < 1.29 is 4.79 Å². The van der Waals surface area contributed by atoms with E-state index in [0.717, 1.165) is 12.8 Å². The number of hydrogen-bond donors (Lipinski definition) is 1. The van der Waals surface area contributed by atoms with Crippen LogP contribution in [0.5, 0.6) is 0 Å². The van der Waals surface area contributed by atoms with Crippen LogP contribution in [0, 0.1) is 29.1 Å². The maximum absolute atomic E-state index is 11.1. The van der Waals surface area contributed by atoms with E-state index in [1.165, 1.54) is 0 Å². The SMILES string of the molecule is C#CCNC(=O)CC1(C#N)CC1. The number of nitrogens with zero attached hydrogens (tertiary/aromatic N) is 1. The molecule has 1 aliphatic rings. The van der Waals surface area contributed by atoms with Crippen LogP contribution in [-0.4, -0.2) is 12.5 Å². The fourth-order valence-electron chi connectivity index (χ4n) is 0.998. The first-order valence-corrected chi connectivity index (χ1v) is 3.84. The van der Waals surface area contributed by atoms with E-state index >= 15 is 0 Å². The Kier molecular flexibility index (Phi) is 2.35. The van der Waals surface area contributed by atoms with Crippen LogP contribution in [0.4, 0.5) is 0 Å². The smallest absolute Gasteiger partial charge is 0.222 e. The van der Waals surface area contributed by atoms with E-state index in [2.05, 4.69) is 17.3 Å². The van der Waals surface area contributed by atoms with Crippen LogP contribution in [0.25, 0.3) is 0 Å². The van der Waals surface area contributed by atoms with Crippen molar-refractivity contribution in [1.29, 1.82) is 5.26 Å². The van der Waals surface area contributed by atoms with Gasteiger partial charge in [-0.05, 0) is 12.8 Å². The molecule has 1 aliphatic carbocycles. The molecule has 0 atom stereocenters. The molecular formula is C9H10N2O. The second kappa shape index (κ2) is 3.28. The first-order valence-electron chi connectivity index (χ1n) is 3.84. The van der Waals surface area contributed by atoms with Crippen molar-refractivity contribution in [2.24, 2.45) is 5.41 Å². The van der Waals surface area contributed by atoms with Gasteiger partial charge in [0.05, 0.1) is 18.0 Å². The number of carbonyl (C=O) groups excluding carboxylic acids is 1. The number of hydrogen-bond acceptors (Lipinski definition) is 2. The van der Waals surface area contributed by atoms with Crippen LogP contribution in [0.3, 0.4) is 0 Å². The average Bonchev–Trinajstić information content (AvgIpc) is 2.82. The van der Waals surface area contributed by atoms with Crippen LogP contribution in [0.2, 0.25) is 0 Å². The van der Waals surface area contributed by atoms with Gasteiger partial charge in [0, 0.05) is 6.42 Å².